The Kier molecular flexibility index (Phi) is 6.16. The lowest BCUT2D eigenvalue weighted by molar-refractivity contribution is 0.00188. The van der Waals surface area contributed by atoms with Gasteiger partial charge in [0, 0.05) is 37.6 Å². The number of hydrogen-bond donors (Lipinski definition) is 1. The number of ether oxygens (including phenoxy) is 1. The highest BCUT2D eigenvalue weighted by Gasteiger charge is 2.28. The van der Waals surface area contributed by atoms with Gasteiger partial charge in [0.1, 0.15) is 0 Å². The van der Waals surface area contributed by atoms with Crippen molar-refractivity contribution in [1.82, 2.24) is 29.8 Å². The molecule has 1 N–H and O–H groups in total. The summed E-state index contributed by atoms with van der Waals surface area (Å²) in [5.41, 5.74) is 0.893. The predicted octanol–water partition coefficient (Wildman–Crippen LogP) is 1.30. The zero-order valence-electron chi connectivity index (χ0n) is 15.8. The normalized spacial score (nSPS) is 16.9. The molecule has 8 nitrogen and oxygen atoms in total. The Morgan fingerprint density at radius 1 is 1.31 bits per heavy atom. The van der Waals surface area contributed by atoms with E-state index in [9.17, 15) is 4.79 Å². The first kappa shape index (κ1) is 18.7. The fourth-order valence-electron chi connectivity index (χ4n) is 3.61. The Labute approximate surface area is 154 Å². The molecule has 0 bridgehead atoms. The van der Waals surface area contributed by atoms with Gasteiger partial charge in [0.25, 0.3) is 11.7 Å². The van der Waals surface area contributed by atoms with E-state index in [-0.39, 0.29) is 11.7 Å². The maximum Gasteiger partial charge on any atom is 0.291 e. The number of carbonyl (C=O) groups is 1. The Morgan fingerprint density at radius 3 is 2.69 bits per heavy atom. The van der Waals surface area contributed by atoms with E-state index in [2.05, 4.69) is 39.1 Å². The number of nitrogens with one attached hydrogen (secondary N) is 1. The molecule has 1 unspecified atom stereocenters. The van der Waals surface area contributed by atoms with E-state index in [0.717, 1.165) is 44.8 Å². The van der Waals surface area contributed by atoms with E-state index < -0.39 is 0 Å². The van der Waals surface area contributed by atoms with Crippen LogP contribution in [0, 0.1) is 12.8 Å². The molecule has 0 radical (unpaired) electrons. The molecule has 3 rings (SSSR count). The molecule has 8 heteroatoms. The number of fused-ring (bicyclic) bond motifs is 1. The van der Waals surface area contributed by atoms with Gasteiger partial charge in [-0.05, 0) is 18.9 Å². The maximum absolute atomic E-state index is 12.6. The molecule has 1 amide bonds. The lowest BCUT2D eigenvalue weighted by atomic mass is 9.92. The Balaban J connectivity index is 1.70. The largest absolute Gasteiger partial charge is 0.379 e. The monoisotopic (exact) mass is 360 g/mol. The molecule has 1 aliphatic rings. The molecule has 0 saturated carbocycles. The molecule has 1 saturated heterocycles. The highest BCUT2D eigenvalue weighted by atomic mass is 16.5. The van der Waals surface area contributed by atoms with Gasteiger partial charge in [0.2, 0.25) is 5.82 Å². The number of hydrogen-bond acceptors (Lipinski definition) is 6. The second-order valence-corrected chi connectivity index (χ2v) is 6.74. The Bertz CT molecular complexity index is 736. The summed E-state index contributed by atoms with van der Waals surface area (Å²) in [5.74, 6) is 0.891. The lowest BCUT2D eigenvalue weighted by Crippen LogP contribution is -2.52. The van der Waals surface area contributed by atoms with Gasteiger partial charge in [-0.1, -0.05) is 26.7 Å². The average Bonchev–Trinajstić information content (AvgIpc) is 3.11. The topological polar surface area (TPSA) is 84.7 Å². The van der Waals surface area contributed by atoms with Gasteiger partial charge in [-0.2, -0.15) is 4.98 Å². The van der Waals surface area contributed by atoms with Crippen molar-refractivity contribution in [2.45, 2.75) is 39.7 Å². The van der Waals surface area contributed by atoms with Gasteiger partial charge in [-0.3, -0.25) is 9.69 Å². The molecule has 0 aromatic carbocycles. The summed E-state index contributed by atoms with van der Waals surface area (Å²) < 4.78 is 7.07. The van der Waals surface area contributed by atoms with Crippen LogP contribution < -0.4 is 5.32 Å². The van der Waals surface area contributed by atoms with Crippen LogP contribution in [0.2, 0.25) is 0 Å². The standard InChI is InChI=1S/C18H28N6O2/c1-4-14(5-2)15(23-8-10-26-11-9-23)12-20-17(25)16-21-18-19-7-6-13(3)24(18)22-16/h6-7,14-15H,4-5,8-12H2,1-3H3,(H,20,25). The summed E-state index contributed by atoms with van der Waals surface area (Å²) in [6.07, 6.45) is 3.84. The highest BCUT2D eigenvalue weighted by molar-refractivity contribution is 5.90. The molecule has 3 heterocycles. The molecular weight excluding hydrogens is 332 g/mol. The van der Waals surface area contributed by atoms with E-state index >= 15 is 0 Å². The minimum Gasteiger partial charge on any atom is -0.379 e. The molecule has 26 heavy (non-hydrogen) atoms. The van der Waals surface area contributed by atoms with Crippen LogP contribution in [0.25, 0.3) is 5.78 Å². The zero-order valence-corrected chi connectivity index (χ0v) is 15.8. The first-order valence-electron chi connectivity index (χ1n) is 9.42. The minimum atomic E-state index is -0.251. The lowest BCUT2D eigenvalue weighted by Gasteiger charge is -2.38. The smallest absolute Gasteiger partial charge is 0.291 e. The third-order valence-corrected chi connectivity index (χ3v) is 5.21. The number of morpholine rings is 1. The van der Waals surface area contributed by atoms with E-state index in [4.69, 9.17) is 4.74 Å². The second kappa shape index (κ2) is 8.55. The molecule has 142 valence electrons. The second-order valence-electron chi connectivity index (χ2n) is 6.74. The number of carbonyl (C=O) groups excluding carboxylic acids is 1. The number of aryl methyl sites for hydroxylation is 1. The third-order valence-electron chi connectivity index (χ3n) is 5.21. The zero-order chi connectivity index (χ0) is 18.5. The number of amides is 1. The minimum absolute atomic E-state index is 0.164. The van der Waals surface area contributed by atoms with Gasteiger partial charge >= 0.3 is 0 Å². The molecule has 1 fully saturated rings. The molecule has 0 spiro atoms. The van der Waals surface area contributed by atoms with Crippen molar-refractivity contribution >= 4 is 11.7 Å². The van der Waals surface area contributed by atoms with Crippen LogP contribution in [-0.2, 0) is 4.74 Å². The van der Waals surface area contributed by atoms with Crippen molar-refractivity contribution in [2.75, 3.05) is 32.8 Å². The van der Waals surface area contributed by atoms with Gasteiger partial charge in [-0.25, -0.2) is 9.50 Å². The summed E-state index contributed by atoms with van der Waals surface area (Å²) in [6.45, 7) is 10.2. The van der Waals surface area contributed by atoms with Crippen LogP contribution >= 0.6 is 0 Å². The SMILES string of the molecule is CCC(CC)C(CNC(=O)c1nc2nccc(C)n2n1)N1CCOCC1. The summed E-state index contributed by atoms with van der Waals surface area (Å²) in [4.78, 5) is 23.4. The summed E-state index contributed by atoms with van der Waals surface area (Å²) in [5, 5.41) is 7.32. The van der Waals surface area contributed by atoms with Crippen LogP contribution in [0.15, 0.2) is 12.3 Å². The predicted molar refractivity (Wildman–Crippen MR) is 98.1 cm³/mol. The first-order valence-corrected chi connectivity index (χ1v) is 9.42. The molecule has 2 aromatic heterocycles. The van der Waals surface area contributed by atoms with Crippen LogP contribution in [0.3, 0.4) is 0 Å². The highest BCUT2D eigenvalue weighted by Crippen LogP contribution is 2.19. The fraction of sp³-hybridized carbons (Fsp3) is 0.667. The van der Waals surface area contributed by atoms with Crippen LogP contribution in [0.1, 0.15) is 43.0 Å². The maximum atomic E-state index is 12.6. The quantitative estimate of drug-likeness (QED) is 0.801. The fourth-order valence-corrected chi connectivity index (χ4v) is 3.61. The third kappa shape index (κ3) is 4.02. The Morgan fingerprint density at radius 2 is 2.04 bits per heavy atom. The molecule has 2 aromatic rings. The average molecular weight is 360 g/mol. The van der Waals surface area contributed by atoms with E-state index in [1.54, 1.807) is 10.7 Å². The van der Waals surface area contributed by atoms with E-state index in [0.29, 0.717) is 24.3 Å². The van der Waals surface area contributed by atoms with Crippen LogP contribution in [0.5, 0.6) is 0 Å². The van der Waals surface area contributed by atoms with Gasteiger partial charge in [-0.15, -0.1) is 5.10 Å². The summed E-state index contributed by atoms with van der Waals surface area (Å²) in [6, 6.07) is 2.14. The van der Waals surface area contributed by atoms with Crippen molar-refractivity contribution in [2.24, 2.45) is 5.92 Å². The van der Waals surface area contributed by atoms with Crippen molar-refractivity contribution in [3.05, 3.63) is 23.8 Å². The van der Waals surface area contributed by atoms with Crippen molar-refractivity contribution < 1.29 is 9.53 Å². The van der Waals surface area contributed by atoms with Crippen molar-refractivity contribution in [1.29, 1.82) is 0 Å². The molecule has 1 aliphatic heterocycles. The van der Waals surface area contributed by atoms with Crippen LogP contribution in [0.4, 0.5) is 0 Å². The van der Waals surface area contributed by atoms with Crippen molar-refractivity contribution in [3.8, 4) is 0 Å². The van der Waals surface area contributed by atoms with Gasteiger partial charge in [0.15, 0.2) is 0 Å². The first-order chi connectivity index (χ1) is 12.6. The van der Waals surface area contributed by atoms with Crippen LogP contribution in [-0.4, -0.2) is 69.3 Å². The van der Waals surface area contributed by atoms with Gasteiger partial charge in [0.05, 0.1) is 13.2 Å². The van der Waals surface area contributed by atoms with Gasteiger partial charge < -0.3 is 10.1 Å². The number of nitrogens with zero attached hydrogens (tertiary/aromatic N) is 5. The Hall–Kier alpha value is -2.06. The molecule has 1 atom stereocenters. The molecule has 0 aliphatic carbocycles. The van der Waals surface area contributed by atoms with Crippen molar-refractivity contribution in [3.63, 3.8) is 0 Å². The molecular formula is C18H28N6O2. The summed E-state index contributed by atoms with van der Waals surface area (Å²) in [7, 11) is 0. The number of aromatic nitrogens is 4. The number of rotatable bonds is 7. The van der Waals surface area contributed by atoms with E-state index in [1.165, 1.54) is 0 Å². The summed E-state index contributed by atoms with van der Waals surface area (Å²) >= 11 is 0. The van der Waals surface area contributed by atoms with E-state index in [1.807, 2.05) is 13.0 Å².